The van der Waals surface area contributed by atoms with Gasteiger partial charge in [-0.25, -0.2) is 0 Å². The number of nitrogens with zero attached hydrogens (tertiary/aromatic N) is 1. The van der Waals surface area contributed by atoms with Crippen molar-refractivity contribution < 1.29 is 14.6 Å². The molecular weight excluding hydrogens is 244 g/mol. The molecule has 0 fully saturated rings. The Kier molecular flexibility index (Phi) is 4.06. The number of benzene rings is 1. The second kappa shape index (κ2) is 5.75. The molecule has 0 radical (unpaired) electrons. The summed E-state index contributed by atoms with van der Waals surface area (Å²) in [6.07, 6.45) is 0.555. The number of aliphatic hydroxyl groups is 1. The molecule has 0 saturated carbocycles. The molecule has 0 aliphatic heterocycles. The number of aromatic nitrogens is 1. The summed E-state index contributed by atoms with van der Waals surface area (Å²) in [5, 5.41) is 12.4. The number of hydrogen-bond donors (Lipinski definition) is 2. The number of aliphatic hydroxyl groups excluding tert-OH is 1. The van der Waals surface area contributed by atoms with Gasteiger partial charge in [-0.1, -0.05) is 6.07 Å². The molecule has 19 heavy (non-hydrogen) atoms. The van der Waals surface area contributed by atoms with Crippen molar-refractivity contribution in [2.45, 2.75) is 6.42 Å². The van der Waals surface area contributed by atoms with Gasteiger partial charge in [-0.3, -0.25) is 4.79 Å². The van der Waals surface area contributed by atoms with Crippen LogP contribution in [0.1, 0.15) is 16.9 Å². The Morgan fingerprint density at radius 2 is 2.26 bits per heavy atom. The number of rotatable bonds is 5. The predicted octanol–water partition coefficient (Wildman–Crippen LogP) is 1.30. The molecule has 0 bridgehead atoms. The number of fused-ring (bicyclic) bond motifs is 1. The number of hydrogen-bond acceptors (Lipinski definition) is 3. The first-order valence-corrected chi connectivity index (χ1v) is 6.20. The minimum Gasteiger partial charge on any atom is -0.496 e. The van der Waals surface area contributed by atoms with E-state index in [-0.39, 0.29) is 12.5 Å². The first-order chi connectivity index (χ1) is 9.19. The summed E-state index contributed by atoms with van der Waals surface area (Å²) in [4.78, 5) is 12.1. The minimum atomic E-state index is -0.144. The summed E-state index contributed by atoms with van der Waals surface area (Å²) in [6.45, 7) is 0.539. The van der Waals surface area contributed by atoms with Crippen LogP contribution in [-0.2, 0) is 7.05 Å². The Morgan fingerprint density at radius 1 is 1.47 bits per heavy atom. The van der Waals surface area contributed by atoms with Gasteiger partial charge in [0.1, 0.15) is 11.4 Å². The van der Waals surface area contributed by atoms with E-state index in [1.54, 1.807) is 7.11 Å². The summed E-state index contributed by atoms with van der Waals surface area (Å²) >= 11 is 0. The summed E-state index contributed by atoms with van der Waals surface area (Å²) in [6, 6.07) is 7.54. The predicted molar refractivity (Wildman–Crippen MR) is 73.5 cm³/mol. The van der Waals surface area contributed by atoms with Gasteiger partial charge in [0.05, 0.1) is 12.6 Å². The van der Waals surface area contributed by atoms with E-state index in [4.69, 9.17) is 9.84 Å². The summed E-state index contributed by atoms with van der Waals surface area (Å²) in [5.41, 5.74) is 1.53. The second-order valence-electron chi connectivity index (χ2n) is 4.31. The third-order valence-electron chi connectivity index (χ3n) is 3.12. The molecule has 0 atom stereocenters. The summed E-state index contributed by atoms with van der Waals surface area (Å²) in [5.74, 6) is 0.608. The standard InChI is InChI=1S/C14H18N2O3/c1-16-11-5-3-6-13(19-2)10(11)9-12(16)14(18)15-7-4-8-17/h3,5-6,9,17H,4,7-8H2,1-2H3,(H,15,18). The van der Waals surface area contributed by atoms with Gasteiger partial charge in [-0.2, -0.15) is 0 Å². The number of methoxy groups -OCH3 is 1. The Balaban J connectivity index is 2.34. The molecule has 1 amide bonds. The van der Waals surface area contributed by atoms with E-state index in [2.05, 4.69) is 5.32 Å². The van der Waals surface area contributed by atoms with Gasteiger partial charge in [-0.05, 0) is 24.6 Å². The zero-order valence-electron chi connectivity index (χ0n) is 11.1. The number of nitrogens with one attached hydrogen (secondary N) is 1. The molecule has 2 aromatic rings. The third-order valence-corrected chi connectivity index (χ3v) is 3.12. The maximum Gasteiger partial charge on any atom is 0.267 e. The molecule has 5 nitrogen and oxygen atoms in total. The van der Waals surface area contributed by atoms with Crippen LogP contribution in [0.3, 0.4) is 0 Å². The monoisotopic (exact) mass is 262 g/mol. The van der Waals surface area contributed by atoms with Crippen molar-refractivity contribution in [3.05, 3.63) is 30.0 Å². The van der Waals surface area contributed by atoms with Gasteiger partial charge in [0, 0.05) is 25.6 Å². The van der Waals surface area contributed by atoms with Crippen molar-refractivity contribution in [3.63, 3.8) is 0 Å². The van der Waals surface area contributed by atoms with Crippen molar-refractivity contribution in [1.82, 2.24) is 9.88 Å². The molecule has 0 aliphatic carbocycles. The number of ether oxygens (including phenoxy) is 1. The lowest BCUT2D eigenvalue weighted by Crippen LogP contribution is -2.26. The molecule has 0 spiro atoms. The zero-order chi connectivity index (χ0) is 13.8. The Labute approximate surface area is 111 Å². The smallest absolute Gasteiger partial charge is 0.267 e. The molecule has 0 unspecified atom stereocenters. The van der Waals surface area contributed by atoms with Gasteiger partial charge >= 0.3 is 0 Å². The topological polar surface area (TPSA) is 63.5 Å². The SMILES string of the molecule is COc1cccc2c1cc(C(=O)NCCCO)n2C. The van der Waals surface area contributed by atoms with Gasteiger partial charge < -0.3 is 19.7 Å². The fourth-order valence-corrected chi connectivity index (χ4v) is 2.10. The van der Waals surface area contributed by atoms with Crippen LogP contribution in [0.15, 0.2) is 24.3 Å². The van der Waals surface area contributed by atoms with Crippen LogP contribution in [0.4, 0.5) is 0 Å². The van der Waals surface area contributed by atoms with Crippen molar-refractivity contribution in [1.29, 1.82) is 0 Å². The lowest BCUT2D eigenvalue weighted by molar-refractivity contribution is 0.0943. The lowest BCUT2D eigenvalue weighted by atomic mass is 10.2. The minimum absolute atomic E-state index is 0.0726. The van der Waals surface area contributed by atoms with Crippen molar-refractivity contribution in [2.24, 2.45) is 7.05 Å². The van der Waals surface area contributed by atoms with E-state index in [0.717, 1.165) is 16.7 Å². The van der Waals surface area contributed by atoms with E-state index in [1.807, 2.05) is 35.9 Å². The van der Waals surface area contributed by atoms with Gasteiger partial charge in [0.2, 0.25) is 0 Å². The van der Waals surface area contributed by atoms with Crippen LogP contribution in [0.5, 0.6) is 5.75 Å². The van der Waals surface area contributed by atoms with Crippen LogP contribution in [-0.4, -0.2) is 35.8 Å². The first kappa shape index (κ1) is 13.4. The van der Waals surface area contributed by atoms with Crippen LogP contribution >= 0.6 is 0 Å². The highest BCUT2D eigenvalue weighted by Crippen LogP contribution is 2.27. The molecule has 0 saturated heterocycles. The summed E-state index contributed by atoms with van der Waals surface area (Å²) in [7, 11) is 3.46. The average Bonchev–Trinajstić information content (AvgIpc) is 2.76. The van der Waals surface area contributed by atoms with Gasteiger partial charge in [-0.15, -0.1) is 0 Å². The van der Waals surface area contributed by atoms with E-state index >= 15 is 0 Å². The fraction of sp³-hybridized carbons (Fsp3) is 0.357. The van der Waals surface area contributed by atoms with Crippen molar-refractivity contribution in [2.75, 3.05) is 20.3 Å². The van der Waals surface area contributed by atoms with Gasteiger partial charge in [0.25, 0.3) is 5.91 Å². The van der Waals surface area contributed by atoms with E-state index < -0.39 is 0 Å². The zero-order valence-corrected chi connectivity index (χ0v) is 11.1. The molecule has 2 N–H and O–H groups in total. The third kappa shape index (κ3) is 2.56. The van der Waals surface area contributed by atoms with Crippen LogP contribution in [0.2, 0.25) is 0 Å². The highest BCUT2D eigenvalue weighted by molar-refractivity contribution is 6.00. The van der Waals surface area contributed by atoms with Crippen molar-refractivity contribution >= 4 is 16.8 Å². The second-order valence-corrected chi connectivity index (χ2v) is 4.31. The Morgan fingerprint density at radius 3 is 2.95 bits per heavy atom. The van der Waals surface area contributed by atoms with E-state index in [0.29, 0.717) is 18.7 Å². The lowest BCUT2D eigenvalue weighted by Gasteiger charge is -2.05. The summed E-state index contributed by atoms with van der Waals surface area (Å²) < 4.78 is 7.14. The van der Waals surface area contributed by atoms with Crippen molar-refractivity contribution in [3.8, 4) is 5.75 Å². The highest BCUT2D eigenvalue weighted by Gasteiger charge is 2.14. The maximum absolute atomic E-state index is 12.1. The number of aryl methyl sites for hydroxylation is 1. The van der Waals surface area contributed by atoms with Crippen LogP contribution in [0, 0.1) is 0 Å². The molecule has 1 heterocycles. The number of carbonyl (C=O) groups is 1. The average molecular weight is 262 g/mol. The molecular formula is C14H18N2O3. The number of amides is 1. The largest absolute Gasteiger partial charge is 0.496 e. The van der Waals surface area contributed by atoms with Gasteiger partial charge in [0.15, 0.2) is 0 Å². The normalized spacial score (nSPS) is 10.7. The fourth-order valence-electron chi connectivity index (χ4n) is 2.10. The van der Waals surface area contributed by atoms with Crippen LogP contribution in [0.25, 0.3) is 10.9 Å². The molecule has 1 aromatic carbocycles. The quantitative estimate of drug-likeness (QED) is 0.798. The Bertz CT molecular complexity index is 590. The van der Waals surface area contributed by atoms with Crippen LogP contribution < -0.4 is 10.1 Å². The van der Waals surface area contributed by atoms with E-state index in [1.165, 1.54) is 0 Å². The molecule has 102 valence electrons. The Hall–Kier alpha value is -2.01. The molecule has 2 rings (SSSR count). The molecule has 0 aliphatic rings. The first-order valence-electron chi connectivity index (χ1n) is 6.20. The number of carbonyl (C=O) groups excluding carboxylic acids is 1. The molecule has 1 aromatic heterocycles. The van der Waals surface area contributed by atoms with E-state index in [9.17, 15) is 4.79 Å². The maximum atomic E-state index is 12.1. The molecule has 5 heteroatoms. The highest BCUT2D eigenvalue weighted by atomic mass is 16.5.